The normalized spacial score (nSPS) is 10.4. The van der Waals surface area contributed by atoms with Crippen LogP contribution in [-0.4, -0.2) is 17.5 Å². The van der Waals surface area contributed by atoms with Crippen molar-refractivity contribution in [2.24, 2.45) is 5.92 Å². The molecule has 0 bridgehead atoms. The first-order chi connectivity index (χ1) is 8.41. The van der Waals surface area contributed by atoms with Crippen LogP contribution in [0.4, 0.5) is 10.1 Å². The average molecular weight is 255 g/mol. The van der Waals surface area contributed by atoms with E-state index in [1.54, 1.807) is 0 Å². The van der Waals surface area contributed by atoms with E-state index < -0.39 is 22.3 Å². The Hall–Kier alpha value is -1.98. The topological polar surface area (TPSA) is 69.4 Å². The molecule has 0 amide bonds. The molecule has 18 heavy (non-hydrogen) atoms. The monoisotopic (exact) mass is 255 g/mol. The molecule has 1 rings (SSSR count). The van der Waals surface area contributed by atoms with Gasteiger partial charge in [0.2, 0.25) is 0 Å². The van der Waals surface area contributed by atoms with Gasteiger partial charge in [0.25, 0.3) is 5.69 Å². The van der Waals surface area contributed by atoms with Gasteiger partial charge in [0.05, 0.1) is 11.5 Å². The molecular formula is C12H14FNO4. The molecule has 0 aliphatic rings. The second-order valence-electron chi connectivity index (χ2n) is 4.24. The molecule has 5 nitrogen and oxygen atoms in total. The van der Waals surface area contributed by atoms with E-state index in [1.807, 2.05) is 13.8 Å². The van der Waals surface area contributed by atoms with Gasteiger partial charge < -0.3 is 4.74 Å². The lowest BCUT2D eigenvalue weighted by Gasteiger charge is -2.07. The number of halogens is 1. The number of esters is 1. The Morgan fingerprint density at radius 1 is 1.50 bits per heavy atom. The van der Waals surface area contributed by atoms with Gasteiger partial charge in [-0.05, 0) is 18.4 Å². The fourth-order valence-electron chi connectivity index (χ4n) is 1.25. The molecule has 0 unspecified atom stereocenters. The smallest absolute Gasteiger partial charge is 0.341 e. The van der Waals surface area contributed by atoms with Crippen LogP contribution in [0.15, 0.2) is 18.2 Å². The van der Waals surface area contributed by atoms with Gasteiger partial charge in [-0.1, -0.05) is 13.8 Å². The number of rotatable bonds is 5. The first-order valence-corrected chi connectivity index (χ1v) is 5.53. The maximum Gasteiger partial charge on any atom is 0.341 e. The van der Waals surface area contributed by atoms with E-state index in [0.717, 1.165) is 18.2 Å². The summed E-state index contributed by atoms with van der Waals surface area (Å²) in [6.07, 6.45) is 0.655. The summed E-state index contributed by atoms with van der Waals surface area (Å²) in [5, 5.41) is 10.5. The average Bonchev–Trinajstić information content (AvgIpc) is 2.28. The van der Waals surface area contributed by atoms with E-state index in [0.29, 0.717) is 12.3 Å². The summed E-state index contributed by atoms with van der Waals surface area (Å²) in [6.45, 7) is 4.09. The van der Waals surface area contributed by atoms with E-state index in [-0.39, 0.29) is 12.3 Å². The lowest BCUT2D eigenvalue weighted by Crippen LogP contribution is -2.10. The summed E-state index contributed by atoms with van der Waals surface area (Å²) in [4.78, 5) is 21.4. The van der Waals surface area contributed by atoms with Crippen LogP contribution in [0.5, 0.6) is 0 Å². The van der Waals surface area contributed by atoms with Gasteiger partial charge >= 0.3 is 5.97 Å². The lowest BCUT2D eigenvalue weighted by molar-refractivity contribution is -0.384. The maximum atomic E-state index is 13.3. The number of carbonyl (C=O) groups is 1. The van der Waals surface area contributed by atoms with Gasteiger partial charge in [-0.25, -0.2) is 9.18 Å². The molecule has 0 aromatic heterocycles. The van der Waals surface area contributed by atoms with Gasteiger partial charge in [-0.2, -0.15) is 0 Å². The van der Waals surface area contributed by atoms with E-state index in [2.05, 4.69) is 0 Å². The third-order valence-corrected chi connectivity index (χ3v) is 2.31. The van der Waals surface area contributed by atoms with Crippen LogP contribution < -0.4 is 0 Å². The van der Waals surface area contributed by atoms with Crippen LogP contribution in [0, 0.1) is 21.8 Å². The first-order valence-electron chi connectivity index (χ1n) is 5.53. The predicted octanol–water partition coefficient (Wildman–Crippen LogP) is 2.94. The molecule has 0 aliphatic carbocycles. The molecule has 0 saturated heterocycles. The zero-order valence-corrected chi connectivity index (χ0v) is 10.2. The number of carbonyl (C=O) groups excluding carboxylic acids is 1. The molecule has 0 aliphatic heterocycles. The summed E-state index contributed by atoms with van der Waals surface area (Å²) >= 11 is 0. The number of hydrogen-bond acceptors (Lipinski definition) is 4. The van der Waals surface area contributed by atoms with Crippen molar-refractivity contribution in [2.75, 3.05) is 6.61 Å². The minimum atomic E-state index is -0.878. The summed E-state index contributed by atoms with van der Waals surface area (Å²) in [5.74, 6) is -1.35. The first kappa shape index (κ1) is 14.1. The van der Waals surface area contributed by atoms with E-state index in [9.17, 15) is 19.3 Å². The zero-order chi connectivity index (χ0) is 13.7. The van der Waals surface area contributed by atoms with Gasteiger partial charge in [-0.15, -0.1) is 0 Å². The van der Waals surface area contributed by atoms with Crippen molar-refractivity contribution in [3.63, 3.8) is 0 Å². The highest BCUT2D eigenvalue weighted by molar-refractivity contribution is 5.90. The van der Waals surface area contributed by atoms with Gasteiger partial charge in [0.15, 0.2) is 0 Å². The molecule has 0 heterocycles. The molecule has 0 N–H and O–H groups in total. The Kier molecular flexibility index (Phi) is 4.76. The van der Waals surface area contributed by atoms with Crippen molar-refractivity contribution >= 4 is 11.7 Å². The Morgan fingerprint density at radius 2 is 2.17 bits per heavy atom. The summed E-state index contributed by atoms with van der Waals surface area (Å²) in [6, 6.07) is 2.77. The van der Waals surface area contributed by atoms with Crippen molar-refractivity contribution in [1.82, 2.24) is 0 Å². The number of nitrogens with zero attached hydrogens (tertiary/aromatic N) is 1. The predicted molar refractivity (Wildman–Crippen MR) is 62.8 cm³/mol. The highest BCUT2D eigenvalue weighted by Crippen LogP contribution is 2.17. The fraction of sp³-hybridized carbons (Fsp3) is 0.417. The molecule has 1 aromatic rings. The van der Waals surface area contributed by atoms with E-state index in [1.165, 1.54) is 0 Å². The second-order valence-corrected chi connectivity index (χ2v) is 4.24. The molecule has 0 saturated carbocycles. The third kappa shape index (κ3) is 3.80. The number of hydrogen-bond donors (Lipinski definition) is 0. The quantitative estimate of drug-likeness (QED) is 0.460. The Balaban J connectivity index is 2.78. The highest BCUT2D eigenvalue weighted by atomic mass is 19.1. The maximum absolute atomic E-state index is 13.3. The number of nitro groups is 1. The van der Waals surface area contributed by atoms with Crippen molar-refractivity contribution < 1.29 is 18.8 Å². The molecule has 1 aromatic carbocycles. The molecule has 6 heteroatoms. The Labute approximate surface area is 104 Å². The molecule has 0 atom stereocenters. The number of nitro benzene ring substituents is 1. The van der Waals surface area contributed by atoms with Crippen LogP contribution in [0.3, 0.4) is 0 Å². The van der Waals surface area contributed by atoms with Crippen LogP contribution in [0.2, 0.25) is 0 Å². The summed E-state index contributed by atoms with van der Waals surface area (Å²) in [5.41, 5.74) is -0.750. The van der Waals surface area contributed by atoms with Crippen molar-refractivity contribution in [1.29, 1.82) is 0 Å². The molecule has 0 fully saturated rings. The standard InChI is InChI=1S/C12H14FNO4/c1-8(2)5-6-18-12(15)10-7-9(14(16)17)3-4-11(10)13/h3-4,7-8H,5-6H2,1-2H3. The van der Waals surface area contributed by atoms with Crippen LogP contribution in [-0.2, 0) is 4.74 Å². The van der Waals surface area contributed by atoms with Crippen LogP contribution in [0.1, 0.15) is 30.6 Å². The SMILES string of the molecule is CC(C)CCOC(=O)c1cc([N+](=O)[O-])ccc1F. The molecule has 98 valence electrons. The van der Waals surface area contributed by atoms with Crippen molar-refractivity contribution in [3.8, 4) is 0 Å². The Morgan fingerprint density at radius 3 is 2.72 bits per heavy atom. The van der Waals surface area contributed by atoms with Gasteiger partial charge in [0.1, 0.15) is 11.4 Å². The van der Waals surface area contributed by atoms with Gasteiger partial charge in [0, 0.05) is 12.1 Å². The summed E-state index contributed by atoms with van der Waals surface area (Å²) in [7, 11) is 0. The van der Waals surface area contributed by atoms with Crippen LogP contribution in [0.25, 0.3) is 0 Å². The van der Waals surface area contributed by atoms with E-state index in [4.69, 9.17) is 4.74 Å². The molecular weight excluding hydrogens is 241 g/mol. The number of ether oxygens (including phenoxy) is 1. The summed E-state index contributed by atoms with van der Waals surface area (Å²) < 4.78 is 18.2. The van der Waals surface area contributed by atoms with Crippen molar-refractivity contribution in [2.45, 2.75) is 20.3 Å². The van der Waals surface area contributed by atoms with Crippen molar-refractivity contribution in [3.05, 3.63) is 39.7 Å². The number of non-ortho nitro benzene ring substituents is 1. The zero-order valence-electron chi connectivity index (χ0n) is 10.2. The minimum absolute atomic E-state index is 0.165. The van der Waals surface area contributed by atoms with Gasteiger partial charge in [-0.3, -0.25) is 10.1 Å². The third-order valence-electron chi connectivity index (χ3n) is 2.31. The number of benzene rings is 1. The Bertz CT molecular complexity index is 459. The minimum Gasteiger partial charge on any atom is -0.462 e. The van der Waals surface area contributed by atoms with E-state index >= 15 is 0 Å². The molecule has 0 spiro atoms. The molecule has 0 radical (unpaired) electrons. The highest BCUT2D eigenvalue weighted by Gasteiger charge is 2.18. The second kappa shape index (κ2) is 6.09. The largest absolute Gasteiger partial charge is 0.462 e. The van der Waals surface area contributed by atoms with Crippen LogP contribution >= 0.6 is 0 Å². The fourth-order valence-corrected chi connectivity index (χ4v) is 1.25. The lowest BCUT2D eigenvalue weighted by atomic mass is 10.1.